The molecule has 1 spiro atoms. The van der Waals surface area contributed by atoms with Crippen LogP contribution in [0.4, 0.5) is 17.1 Å². The molecule has 0 N–H and O–H groups in total. The summed E-state index contributed by atoms with van der Waals surface area (Å²) in [5.41, 5.74) is 18.1. The Labute approximate surface area is 360 Å². The third kappa shape index (κ3) is 5.68. The van der Waals surface area contributed by atoms with Crippen molar-refractivity contribution in [1.29, 1.82) is 0 Å². The van der Waals surface area contributed by atoms with Crippen molar-refractivity contribution in [3.63, 3.8) is 0 Å². The molecule has 0 amide bonds. The van der Waals surface area contributed by atoms with E-state index in [1.54, 1.807) is 5.56 Å². The Morgan fingerprint density at radius 2 is 1.23 bits per heavy atom. The van der Waals surface area contributed by atoms with Gasteiger partial charge in [-0.3, -0.25) is 0 Å². The molecule has 7 aromatic rings. The topological polar surface area (TPSA) is 12.5 Å². The van der Waals surface area contributed by atoms with Gasteiger partial charge in [-0.2, -0.15) is 0 Å². The van der Waals surface area contributed by atoms with Crippen LogP contribution in [0.1, 0.15) is 62.1 Å². The number of ether oxygens (including phenoxy) is 1. The summed E-state index contributed by atoms with van der Waals surface area (Å²) in [4.78, 5) is 2.54. The minimum absolute atomic E-state index is 0.0185. The number of hydrogen-bond donors (Lipinski definition) is 0. The van der Waals surface area contributed by atoms with E-state index >= 15 is 0 Å². The van der Waals surface area contributed by atoms with E-state index < -0.39 is 0 Å². The molecule has 2 fully saturated rings. The van der Waals surface area contributed by atoms with Gasteiger partial charge in [0, 0.05) is 33.8 Å². The molecule has 5 aliphatic rings. The van der Waals surface area contributed by atoms with Crippen LogP contribution < -0.4 is 9.64 Å². The van der Waals surface area contributed by atoms with Crippen LogP contribution in [0.3, 0.4) is 0 Å². The highest BCUT2D eigenvalue weighted by atomic mass is 16.5. The lowest BCUT2D eigenvalue weighted by Crippen LogP contribution is -2.49. The molecule has 2 saturated carbocycles. The Kier molecular flexibility index (Phi) is 8.60. The molecule has 0 aromatic heterocycles. The van der Waals surface area contributed by atoms with E-state index in [-0.39, 0.29) is 17.4 Å². The number of anilines is 3. The number of allylic oxidation sites excluding steroid dienone is 2. The molecule has 2 bridgehead atoms. The molecule has 0 saturated heterocycles. The normalized spacial score (nSPS) is 25.0. The van der Waals surface area contributed by atoms with Gasteiger partial charge in [-0.15, -0.1) is 0 Å². The predicted octanol–water partition coefficient (Wildman–Crippen LogP) is 15.5. The number of rotatable bonds is 6. The van der Waals surface area contributed by atoms with Crippen molar-refractivity contribution in [3.8, 4) is 50.3 Å². The van der Waals surface area contributed by atoms with Crippen LogP contribution in [-0.2, 0) is 5.41 Å². The van der Waals surface area contributed by atoms with E-state index in [9.17, 15) is 0 Å². The third-order valence-electron chi connectivity index (χ3n) is 15.1. The van der Waals surface area contributed by atoms with Gasteiger partial charge in [-0.1, -0.05) is 159 Å². The highest BCUT2D eigenvalue weighted by Gasteiger charge is 2.57. The van der Waals surface area contributed by atoms with Crippen LogP contribution >= 0.6 is 0 Å². The standard InChI is InChI=1S/C59H51NO/c1-38-33-40-35-39(2)59(44(34-38)36-40)52-24-10-8-21-50(52)58-53(59)25-14-26-54(58)60(46-18-12-17-43(37-46)41-15-4-3-5-16-41)45-31-29-42(30-32-45)47-19-6-7-20-48(47)49-23-13-28-56-57(49)51-22-9-11-27-55(51)61-56/h3-32,37-40,44,51,55H,33-36H2,1-2H3/t38-,39+,40-,44-,51?,55?,59?/m0/s1. The maximum atomic E-state index is 6.46. The number of hydrogen-bond acceptors (Lipinski definition) is 2. The van der Waals surface area contributed by atoms with Gasteiger partial charge >= 0.3 is 0 Å². The Bertz CT molecular complexity index is 2860. The second-order valence-electron chi connectivity index (χ2n) is 18.6. The predicted molar refractivity (Wildman–Crippen MR) is 253 cm³/mol. The fourth-order valence-electron chi connectivity index (χ4n) is 12.9. The fraction of sp³-hybridized carbons (Fsp3) is 0.220. The van der Waals surface area contributed by atoms with Gasteiger partial charge in [-0.05, 0) is 142 Å². The third-order valence-corrected chi connectivity index (χ3v) is 15.1. The largest absolute Gasteiger partial charge is 0.485 e. The molecule has 2 heteroatoms. The van der Waals surface area contributed by atoms with E-state index in [0.717, 1.165) is 29.0 Å². The zero-order valence-electron chi connectivity index (χ0n) is 35.0. The molecule has 12 rings (SSSR count). The Balaban J connectivity index is 1.02. The zero-order chi connectivity index (χ0) is 40.7. The van der Waals surface area contributed by atoms with Crippen LogP contribution in [0.2, 0.25) is 0 Å². The van der Waals surface area contributed by atoms with Crippen molar-refractivity contribution in [2.24, 2.45) is 23.7 Å². The summed E-state index contributed by atoms with van der Waals surface area (Å²) in [5.74, 6) is 4.02. The fourth-order valence-corrected chi connectivity index (χ4v) is 12.9. The average molecular weight is 790 g/mol. The van der Waals surface area contributed by atoms with Gasteiger partial charge in [0.05, 0.1) is 5.69 Å². The quantitative estimate of drug-likeness (QED) is 0.166. The Morgan fingerprint density at radius 3 is 2.10 bits per heavy atom. The first-order chi connectivity index (χ1) is 30.1. The molecule has 0 radical (unpaired) electrons. The van der Waals surface area contributed by atoms with Crippen LogP contribution in [0, 0.1) is 23.7 Å². The Hall–Kier alpha value is -6.38. The molecule has 1 aliphatic heterocycles. The molecule has 298 valence electrons. The summed E-state index contributed by atoms with van der Waals surface area (Å²) >= 11 is 0. The second kappa shape index (κ2) is 14.4. The average Bonchev–Trinajstić information content (AvgIpc) is 3.84. The lowest BCUT2D eigenvalue weighted by Gasteiger charge is -2.54. The first kappa shape index (κ1) is 36.5. The van der Waals surface area contributed by atoms with Gasteiger partial charge in [0.1, 0.15) is 11.9 Å². The van der Waals surface area contributed by atoms with Crippen molar-refractivity contribution in [2.75, 3.05) is 4.90 Å². The summed E-state index contributed by atoms with van der Waals surface area (Å²) < 4.78 is 6.46. The first-order valence-electron chi connectivity index (χ1n) is 22.6. The number of fused-ring (bicyclic) bond motifs is 11. The molecule has 2 nitrogen and oxygen atoms in total. The monoisotopic (exact) mass is 789 g/mol. The van der Waals surface area contributed by atoms with E-state index in [1.807, 2.05) is 0 Å². The van der Waals surface area contributed by atoms with E-state index in [2.05, 4.69) is 207 Å². The molecule has 3 unspecified atom stereocenters. The minimum Gasteiger partial charge on any atom is -0.485 e. The van der Waals surface area contributed by atoms with Crippen LogP contribution in [-0.4, -0.2) is 6.10 Å². The van der Waals surface area contributed by atoms with Gasteiger partial charge in [0.15, 0.2) is 0 Å². The Morgan fingerprint density at radius 1 is 0.525 bits per heavy atom. The maximum Gasteiger partial charge on any atom is 0.128 e. The minimum atomic E-state index is 0.0185. The SMILES string of the molecule is C[C@H]1C[C@@H]2C[C@H](C1)C1(c3ccccc3-c3c(N(c4ccc(-c5ccccc5-c5cccc6c5C5C=CC=CC5O6)cc4)c4cccc(-c5ccccc5)c4)cccc31)[C@H](C)C2. The van der Waals surface area contributed by atoms with Crippen LogP contribution in [0.5, 0.6) is 5.75 Å². The number of nitrogens with zero attached hydrogens (tertiary/aromatic N) is 1. The molecule has 61 heavy (non-hydrogen) atoms. The van der Waals surface area contributed by atoms with Gasteiger partial charge in [0.25, 0.3) is 0 Å². The summed E-state index contributed by atoms with van der Waals surface area (Å²) in [7, 11) is 0. The highest BCUT2D eigenvalue weighted by Crippen LogP contribution is 2.66. The van der Waals surface area contributed by atoms with Crippen LogP contribution in [0.15, 0.2) is 188 Å². The van der Waals surface area contributed by atoms with Crippen molar-refractivity contribution in [2.45, 2.75) is 57.0 Å². The molecule has 7 atom stereocenters. The second-order valence-corrected chi connectivity index (χ2v) is 18.6. The lowest BCUT2D eigenvalue weighted by molar-refractivity contribution is 0.0426. The van der Waals surface area contributed by atoms with Gasteiger partial charge < -0.3 is 9.64 Å². The molecule has 4 aliphatic carbocycles. The van der Waals surface area contributed by atoms with Crippen molar-refractivity contribution in [3.05, 3.63) is 205 Å². The van der Waals surface area contributed by atoms with Gasteiger partial charge in [0.2, 0.25) is 0 Å². The molecular formula is C59H51NO. The lowest BCUT2D eigenvalue weighted by atomic mass is 9.49. The maximum absolute atomic E-state index is 6.46. The first-order valence-corrected chi connectivity index (χ1v) is 22.6. The van der Waals surface area contributed by atoms with Crippen molar-refractivity contribution >= 4 is 17.1 Å². The van der Waals surface area contributed by atoms with E-state index in [1.165, 1.54) is 87.0 Å². The van der Waals surface area contributed by atoms with E-state index in [0.29, 0.717) is 11.8 Å². The zero-order valence-corrected chi connectivity index (χ0v) is 35.0. The summed E-state index contributed by atoms with van der Waals surface area (Å²) in [6, 6.07) is 61.4. The number of benzene rings is 7. The summed E-state index contributed by atoms with van der Waals surface area (Å²) in [6.07, 6.45) is 14.1. The molecule has 1 heterocycles. The van der Waals surface area contributed by atoms with Crippen molar-refractivity contribution < 1.29 is 4.74 Å². The highest BCUT2D eigenvalue weighted by molar-refractivity contribution is 5.96. The summed E-state index contributed by atoms with van der Waals surface area (Å²) in [6.45, 7) is 5.08. The van der Waals surface area contributed by atoms with E-state index in [4.69, 9.17) is 4.74 Å². The van der Waals surface area contributed by atoms with Crippen molar-refractivity contribution in [1.82, 2.24) is 0 Å². The molecular weight excluding hydrogens is 739 g/mol. The van der Waals surface area contributed by atoms with Gasteiger partial charge in [-0.25, -0.2) is 0 Å². The summed E-state index contributed by atoms with van der Waals surface area (Å²) in [5, 5.41) is 0. The van der Waals surface area contributed by atoms with Crippen LogP contribution in [0.25, 0.3) is 44.5 Å². The molecule has 7 aromatic carbocycles. The smallest absolute Gasteiger partial charge is 0.128 e.